The highest BCUT2D eigenvalue weighted by Crippen LogP contribution is 2.43. The van der Waals surface area contributed by atoms with Crippen LogP contribution < -0.4 is 5.73 Å². The fourth-order valence-electron chi connectivity index (χ4n) is 4.12. The zero-order chi connectivity index (χ0) is 12.9. The van der Waals surface area contributed by atoms with Crippen molar-refractivity contribution in [3.05, 3.63) is 12.2 Å². The van der Waals surface area contributed by atoms with Crippen LogP contribution in [0.15, 0.2) is 12.2 Å². The van der Waals surface area contributed by atoms with Crippen molar-refractivity contribution >= 4 is 0 Å². The van der Waals surface area contributed by atoms with Gasteiger partial charge >= 0.3 is 0 Å². The van der Waals surface area contributed by atoms with Crippen LogP contribution in [0.4, 0.5) is 0 Å². The number of fused-ring (bicyclic) bond motifs is 2. The number of rotatable bonds is 2. The Morgan fingerprint density at radius 2 is 2.06 bits per heavy atom. The maximum absolute atomic E-state index is 6.43. The summed E-state index contributed by atoms with van der Waals surface area (Å²) in [5, 5.41) is 0. The van der Waals surface area contributed by atoms with E-state index in [2.05, 4.69) is 32.9 Å². The average Bonchev–Trinajstić information content (AvgIpc) is 2.83. The van der Waals surface area contributed by atoms with Crippen molar-refractivity contribution in [2.75, 3.05) is 0 Å². The number of hydrogen-bond acceptors (Lipinski definition) is 3. The van der Waals surface area contributed by atoms with Crippen molar-refractivity contribution in [3.8, 4) is 0 Å². The molecule has 3 nitrogen and oxygen atoms in total. The van der Waals surface area contributed by atoms with Gasteiger partial charge in [0.2, 0.25) is 0 Å². The summed E-state index contributed by atoms with van der Waals surface area (Å²) < 4.78 is 12.2. The molecule has 1 saturated heterocycles. The van der Waals surface area contributed by atoms with Gasteiger partial charge in [0.1, 0.15) is 6.10 Å². The summed E-state index contributed by atoms with van der Waals surface area (Å²) in [6.07, 6.45) is 8.51. The van der Waals surface area contributed by atoms with Crippen LogP contribution in [0, 0.1) is 11.3 Å². The molecular formula is C15H25NO2. The molecule has 2 aliphatic heterocycles. The molecule has 6 atom stereocenters. The molecule has 0 radical (unpaired) electrons. The molecular weight excluding hydrogens is 226 g/mol. The van der Waals surface area contributed by atoms with Crippen LogP contribution in [0.25, 0.3) is 0 Å². The van der Waals surface area contributed by atoms with E-state index < -0.39 is 0 Å². The first-order chi connectivity index (χ1) is 8.45. The van der Waals surface area contributed by atoms with Crippen LogP contribution >= 0.6 is 0 Å². The van der Waals surface area contributed by atoms with Crippen molar-refractivity contribution in [3.63, 3.8) is 0 Å². The molecule has 2 fully saturated rings. The normalized spacial score (nSPS) is 49.8. The molecule has 0 spiro atoms. The molecule has 3 rings (SSSR count). The summed E-state index contributed by atoms with van der Waals surface area (Å²) in [4.78, 5) is 0. The maximum Gasteiger partial charge on any atom is 0.103 e. The Morgan fingerprint density at radius 3 is 2.61 bits per heavy atom. The SMILES string of the molecule is CC1CC(N)CC(C)(C)C1OC1CC2C=CC1O2. The molecule has 0 aromatic carbocycles. The molecule has 18 heavy (non-hydrogen) atoms. The molecule has 1 saturated carbocycles. The monoisotopic (exact) mass is 251 g/mol. The van der Waals surface area contributed by atoms with Crippen LogP contribution in [0.5, 0.6) is 0 Å². The fourth-order valence-corrected chi connectivity index (χ4v) is 4.12. The van der Waals surface area contributed by atoms with Gasteiger partial charge in [-0.15, -0.1) is 0 Å². The molecule has 0 aromatic rings. The second-order valence-electron chi connectivity index (χ2n) is 7.02. The zero-order valence-corrected chi connectivity index (χ0v) is 11.6. The van der Waals surface area contributed by atoms with Gasteiger partial charge in [-0.25, -0.2) is 0 Å². The van der Waals surface area contributed by atoms with Gasteiger partial charge in [0.15, 0.2) is 0 Å². The van der Waals surface area contributed by atoms with Crippen LogP contribution in [0.3, 0.4) is 0 Å². The molecule has 2 bridgehead atoms. The Hall–Kier alpha value is -0.380. The number of nitrogens with two attached hydrogens (primary N) is 1. The van der Waals surface area contributed by atoms with E-state index in [9.17, 15) is 0 Å². The van der Waals surface area contributed by atoms with Crippen molar-refractivity contribution < 1.29 is 9.47 Å². The molecule has 3 aliphatic rings. The third-order valence-electron chi connectivity index (χ3n) is 4.75. The highest BCUT2D eigenvalue weighted by molar-refractivity contribution is 5.12. The molecule has 0 aromatic heterocycles. The van der Waals surface area contributed by atoms with Gasteiger partial charge in [0, 0.05) is 12.5 Å². The predicted molar refractivity (Wildman–Crippen MR) is 71.2 cm³/mol. The highest BCUT2D eigenvalue weighted by atomic mass is 16.6. The first-order valence-electron chi connectivity index (χ1n) is 7.20. The third kappa shape index (κ3) is 2.13. The van der Waals surface area contributed by atoms with E-state index in [4.69, 9.17) is 15.2 Å². The number of hydrogen-bond donors (Lipinski definition) is 1. The van der Waals surface area contributed by atoms with Crippen LogP contribution in [-0.2, 0) is 9.47 Å². The standard InChI is InChI=1S/C15H25NO2/c1-9-6-10(16)8-15(2,3)14(9)18-13-7-11-4-5-12(13)17-11/h4-5,9-14H,6-8,16H2,1-3H3. The topological polar surface area (TPSA) is 44.5 Å². The molecule has 2 N–H and O–H groups in total. The lowest BCUT2D eigenvalue weighted by atomic mass is 9.68. The van der Waals surface area contributed by atoms with Gasteiger partial charge in [-0.05, 0) is 24.2 Å². The van der Waals surface area contributed by atoms with Crippen molar-refractivity contribution in [1.82, 2.24) is 0 Å². The largest absolute Gasteiger partial charge is 0.371 e. The fraction of sp³-hybridized carbons (Fsp3) is 0.867. The van der Waals surface area contributed by atoms with Gasteiger partial charge < -0.3 is 15.2 Å². The van der Waals surface area contributed by atoms with Crippen molar-refractivity contribution in [2.45, 2.75) is 70.5 Å². The highest BCUT2D eigenvalue weighted by Gasteiger charge is 2.45. The lowest BCUT2D eigenvalue weighted by Crippen LogP contribution is -2.50. The van der Waals surface area contributed by atoms with Crippen molar-refractivity contribution in [1.29, 1.82) is 0 Å². The Kier molecular flexibility index (Phi) is 3.04. The summed E-state index contributed by atoms with van der Waals surface area (Å²) in [6.45, 7) is 6.85. The molecule has 6 unspecified atom stereocenters. The van der Waals surface area contributed by atoms with E-state index in [0.717, 1.165) is 19.3 Å². The summed E-state index contributed by atoms with van der Waals surface area (Å²) in [5.74, 6) is 0.534. The average molecular weight is 251 g/mol. The predicted octanol–water partition coefficient (Wildman–Crippen LogP) is 2.25. The second kappa shape index (κ2) is 4.32. The zero-order valence-electron chi connectivity index (χ0n) is 11.6. The van der Waals surface area contributed by atoms with Crippen molar-refractivity contribution in [2.24, 2.45) is 17.1 Å². The van der Waals surface area contributed by atoms with Crippen LogP contribution in [0.1, 0.15) is 40.0 Å². The van der Waals surface area contributed by atoms with Gasteiger partial charge in [-0.1, -0.05) is 32.9 Å². The van der Waals surface area contributed by atoms with Gasteiger partial charge in [-0.3, -0.25) is 0 Å². The molecule has 0 amide bonds. The minimum atomic E-state index is 0.169. The van der Waals surface area contributed by atoms with Gasteiger partial charge in [0.25, 0.3) is 0 Å². The minimum Gasteiger partial charge on any atom is -0.371 e. The lowest BCUT2D eigenvalue weighted by Gasteiger charge is -2.46. The molecule has 102 valence electrons. The minimum absolute atomic E-state index is 0.169. The molecule has 2 heterocycles. The Bertz CT molecular complexity index is 352. The Labute approximate surface area is 110 Å². The summed E-state index contributed by atoms with van der Waals surface area (Å²) in [6, 6.07) is 0.325. The molecule has 1 aliphatic carbocycles. The van der Waals surface area contributed by atoms with Crippen LogP contribution in [-0.4, -0.2) is 30.5 Å². The van der Waals surface area contributed by atoms with E-state index in [1.54, 1.807) is 0 Å². The third-order valence-corrected chi connectivity index (χ3v) is 4.75. The van der Waals surface area contributed by atoms with E-state index in [1.165, 1.54) is 0 Å². The quantitative estimate of drug-likeness (QED) is 0.766. The summed E-state index contributed by atoms with van der Waals surface area (Å²) in [5.41, 5.74) is 6.31. The lowest BCUT2D eigenvalue weighted by molar-refractivity contribution is -0.128. The number of ether oxygens (including phenoxy) is 2. The Balaban J connectivity index is 1.69. The van der Waals surface area contributed by atoms with Gasteiger partial charge in [-0.2, -0.15) is 0 Å². The maximum atomic E-state index is 6.43. The van der Waals surface area contributed by atoms with E-state index >= 15 is 0 Å². The molecule has 3 heteroatoms. The first kappa shape index (κ1) is 12.6. The van der Waals surface area contributed by atoms with Crippen LogP contribution in [0.2, 0.25) is 0 Å². The first-order valence-corrected chi connectivity index (χ1v) is 7.20. The summed E-state index contributed by atoms with van der Waals surface area (Å²) >= 11 is 0. The smallest absolute Gasteiger partial charge is 0.103 e. The van der Waals surface area contributed by atoms with Gasteiger partial charge in [0.05, 0.1) is 18.3 Å². The van der Waals surface area contributed by atoms with E-state index in [0.29, 0.717) is 24.2 Å². The van der Waals surface area contributed by atoms with E-state index in [-0.39, 0.29) is 17.6 Å². The van der Waals surface area contributed by atoms with E-state index in [1.807, 2.05) is 0 Å². The summed E-state index contributed by atoms with van der Waals surface area (Å²) in [7, 11) is 0. The Morgan fingerprint density at radius 1 is 1.28 bits per heavy atom. The second-order valence-corrected chi connectivity index (χ2v) is 7.02.